The average Bonchev–Trinajstić information content (AvgIpc) is 2.41. The Hall–Kier alpha value is -1.20. The minimum Gasteiger partial charge on any atom is -0.350 e. The summed E-state index contributed by atoms with van der Waals surface area (Å²) in [7, 11) is 0. The molecule has 1 atom stereocenters. The monoisotopic (exact) mass is 288 g/mol. The minimum absolute atomic E-state index is 0.193. The van der Waals surface area contributed by atoms with Crippen LogP contribution in [0, 0.1) is 11.6 Å². The zero-order chi connectivity index (χ0) is 13.8. The molecule has 1 aliphatic rings. The summed E-state index contributed by atoms with van der Waals surface area (Å²) >= 11 is 5.43. The molecule has 104 valence electrons. The summed E-state index contributed by atoms with van der Waals surface area (Å²) in [6, 6.07) is 1.82. The van der Waals surface area contributed by atoms with Crippen LogP contribution in [0.3, 0.4) is 0 Å². The fraction of sp³-hybridized carbons (Fsp3) is 0.462. The van der Waals surface area contributed by atoms with Gasteiger partial charge in [-0.25, -0.2) is 8.78 Å². The highest BCUT2D eigenvalue weighted by Crippen LogP contribution is 2.19. The summed E-state index contributed by atoms with van der Waals surface area (Å²) in [5, 5.41) is 5.53. The van der Waals surface area contributed by atoms with E-state index in [2.05, 4.69) is 10.6 Å². The first kappa shape index (κ1) is 14.2. The number of carbonyl (C=O) groups excluding carboxylic acids is 1. The van der Waals surface area contributed by atoms with Gasteiger partial charge in [0.25, 0.3) is 5.91 Å². The zero-order valence-corrected chi connectivity index (χ0v) is 11.1. The molecular formula is C13H15ClF2N2O. The summed E-state index contributed by atoms with van der Waals surface area (Å²) < 4.78 is 26.7. The van der Waals surface area contributed by atoms with E-state index in [0.717, 1.165) is 37.9 Å². The molecule has 1 aromatic rings. The number of carbonyl (C=O) groups is 1. The SMILES string of the molecule is O=C(NCC1CCCCN1)c1cc(F)c(Cl)cc1F. The second-order valence-electron chi connectivity index (χ2n) is 4.60. The van der Waals surface area contributed by atoms with Crippen molar-refractivity contribution in [2.24, 2.45) is 0 Å². The van der Waals surface area contributed by atoms with Crippen molar-refractivity contribution in [1.82, 2.24) is 10.6 Å². The van der Waals surface area contributed by atoms with Crippen molar-refractivity contribution in [2.75, 3.05) is 13.1 Å². The third kappa shape index (κ3) is 3.64. The van der Waals surface area contributed by atoms with Gasteiger partial charge in [-0.2, -0.15) is 0 Å². The van der Waals surface area contributed by atoms with Gasteiger partial charge in [0.05, 0.1) is 10.6 Å². The average molecular weight is 289 g/mol. The lowest BCUT2D eigenvalue weighted by atomic mass is 10.0. The quantitative estimate of drug-likeness (QED) is 0.839. The van der Waals surface area contributed by atoms with Crippen molar-refractivity contribution in [1.29, 1.82) is 0 Å². The molecule has 1 amide bonds. The van der Waals surface area contributed by atoms with Crippen LogP contribution in [0.4, 0.5) is 8.78 Å². The van der Waals surface area contributed by atoms with Gasteiger partial charge >= 0.3 is 0 Å². The van der Waals surface area contributed by atoms with Gasteiger partial charge in [0.15, 0.2) is 0 Å². The van der Waals surface area contributed by atoms with Gasteiger partial charge in [-0.3, -0.25) is 4.79 Å². The highest BCUT2D eigenvalue weighted by molar-refractivity contribution is 6.30. The van der Waals surface area contributed by atoms with Gasteiger partial charge < -0.3 is 10.6 Å². The second kappa shape index (κ2) is 6.30. The van der Waals surface area contributed by atoms with Crippen molar-refractivity contribution < 1.29 is 13.6 Å². The highest BCUT2D eigenvalue weighted by atomic mass is 35.5. The fourth-order valence-electron chi connectivity index (χ4n) is 2.11. The zero-order valence-electron chi connectivity index (χ0n) is 10.3. The molecule has 6 heteroatoms. The molecule has 0 radical (unpaired) electrons. The van der Waals surface area contributed by atoms with Crippen molar-refractivity contribution in [2.45, 2.75) is 25.3 Å². The third-order valence-corrected chi connectivity index (χ3v) is 3.47. The summed E-state index contributed by atoms with van der Waals surface area (Å²) in [5.74, 6) is -2.25. The molecule has 19 heavy (non-hydrogen) atoms. The molecule has 0 aromatic heterocycles. The molecule has 1 saturated heterocycles. The van der Waals surface area contributed by atoms with Gasteiger partial charge in [0, 0.05) is 12.6 Å². The first-order chi connectivity index (χ1) is 9.08. The van der Waals surface area contributed by atoms with E-state index in [-0.39, 0.29) is 16.6 Å². The van der Waals surface area contributed by atoms with Gasteiger partial charge in [-0.15, -0.1) is 0 Å². The normalized spacial score (nSPS) is 19.2. The summed E-state index contributed by atoms with van der Waals surface area (Å²) in [4.78, 5) is 11.8. The van der Waals surface area contributed by atoms with Crippen molar-refractivity contribution in [3.8, 4) is 0 Å². The molecule has 0 aliphatic carbocycles. The van der Waals surface area contributed by atoms with Crippen LogP contribution in [0.15, 0.2) is 12.1 Å². The van der Waals surface area contributed by atoms with Crippen molar-refractivity contribution in [3.63, 3.8) is 0 Å². The molecular weight excluding hydrogens is 274 g/mol. The topological polar surface area (TPSA) is 41.1 Å². The molecule has 0 bridgehead atoms. The van der Waals surface area contributed by atoms with Gasteiger partial charge in [-0.1, -0.05) is 18.0 Å². The van der Waals surface area contributed by atoms with Gasteiger partial charge in [0.2, 0.25) is 0 Å². The van der Waals surface area contributed by atoms with E-state index in [4.69, 9.17) is 11.6 Å². The van der Waals surface area contributed by atoms with E-state index in [0.29, 0.717) is 6.54 Å². The number of nitrogens with one attached hydrogen (secondary N) is 2. The number of amides is 1. The second-order valence-corrected chi connectivity index (χ2v) is 5.01. The predicted molar refractivity (Wildman–Crippen MR) is 69.3 cm³/mol. The first-order valence-corrected chi connectivity index (χ1v) is 6.62. The highest BCUT2D eigenvalue weighted by Gasteiger charge is 2.18. The number of benzene rings is 1. The van der Waals surface area contributed by atoms with E-state index < -0.39 is 17.5 Å². The lowest BCUT2D eigenvalue weighted by molar-refractivity contribution is 0.0943. The van der Waals surface area contributed by atoms with Crippen LogP contribution in [0.5, 0.6) is 0 Å². The lowest BCUT2D eigenvalue weighted by Gasteiger charge is -2.23. The number of halogens is 3. The molecule has 0 saturated carbocycles. The van der Waals surface area contributed by atoms with Crippen LogP contribution in [0.1, 0.15) is 29.6 Å². The van der Waals surface area contributed by atoms with Crippen molar-refractivity contribution in [3.05, 3.63) is 34.4 Å². The first-order valence-electron chi connectivity index (χ1n) is 6.24. The van der Waals surface area contributed by atoms with E-state index >= 15 is 0 Å². The molecule has 1 heterocycles. The Balaban J connectivity index is 1.97. The Morgan fingerprint density at radius 1 is 1.37 bits per heavy atom. The van der Waals surface area contributed by atoms with E-state index in [1.54, 1.807) is 0 Å². The fourth-order valence-corrected chi connectivity index (χ4v) is 2.26. The van der Waals surface area contributed by atoms with Crippen LogP contribution >= 0.6 is 11.6 Å². The Morgan fingerprint density at radius 3 is 2.84 bits per heavy atom. The van der Waals surface area contributed by atoms with E-state index in [1.807, 2.05) is 0 Å². The third-order valence-electron chi connectivity index (χ3n) is 3.18. The number of rotatable bonds is 3. The maximum atomic E-state index is 13.5. The Kier molecular flexibility index (Phi) is 4.71. The van der Waals surface area contributed by atoms with Crippen LogP contribution in [-0.2, 0) is 0 Å². The largest absolute Gasteiger partial charge is 0.350 e. The Labute approximate surface area is 115 Å². The molecule has 1 fully saturated rings. The molecule has 1 aliphatic heterocycles. The standard InChI is InChI=1S/C13H15ClF2N2O/c14-10-6-11(15)9(5-12(10)16)13(19)18-7-8-3-1-2-4-17-8/h5-6,8,17H,1-4,7H2,(H,18,19). The summed E-state index contributed by atoms with van der Waals surface area (Å²) in [5.41, 5.74) is -0.322. The van der Waals surface area contributed by atoms with E-state index in [9.17, 15) is 13.6 Å². The Bertz CT molecular complexity index is 476. The lowest BCUT2D eigenvalue weighted by Crippen LogP contribution is -2.43. The molecule has 0 spiro atoms. The van der Waals surface area contributed by atoms with Gasteiger partial charge in [-0.05, 0) is 31.5 Å². The van der Waals surface area contributed by atoms with Crippen molar-refractivity contribution >= 4 is 17.5 Å². The predicted octanol–water partition coefficient (Wildman–Crippen LogP) is 2.49. The smallest absolute Gasteiger partial charge is 0.254 e. The van der Waals surface area contributed by atoms with Crippen LogP contribution < -0.4 is 10.6 Å². The number of piperidine rings is 1. The van der Waals surface area contributed by atoms with Crippen LogP contribution in [0.25, 0.3) is 0 Å². The molecule has 1 unspecified atom stereocenters. The molecule has 2 N–H and O–H groups in total. The maximum Gasteiger partial charge on any atom is 0.254 e. The van der Waals surface area contributed by atoms with E-state index in [1.165, 1.54) is 0 Å². The summed E-state index contributed by atoms with van der Waals surface area (Å²) in [6.07, 6.45) is 3.21. The number of hydrogen-bond donors (Lipinski definition) is 2. The summed E-state index contributed by atoms with van der Waals surface area (Å²) in [6.45, 7) is 1.33. The van der Waals surface area contributed by atoms with Gasteiger partial charge in [0.1, 0.15) is 11.6 Å². The Morgan fingerprint density at radius 2 is 2.16 bits per heavy atom. The molecule has 1 aromatic carbocycles. The maximum absolute atomic E-state index is 13.5. The molecule has 3 nitrogen and oxygen atoms in total. The van der Waals surface area contributed by atoms with Crippen LogP contribution in [-0.4, -0.2) is 25.0 Å². The minimum atomic E-state index is -0.819. The molecule has 2 rings (SSSR count). The number of hydrogen-bond acceptors (Lipinski definition) is 2. The van der Waals surface area contributed by atoms with Crippen LogP contribution in [0.2, 0.25) is 5.02 Å².